The molecule has 106 valence electrons. The van der Waals surface area contributed by atoms with Crippen molar-refractivity contribution in [3.05, 3.63) is 51.7 Å². The predicted octanol–water partition coefficient (Wildman–Crippen LogP) is 4.09. The lowest BCUT2D eigenvalue weighted by molar-refractivity contribution is 0.174. The number of fused-ring (bicyclic) bond motifs is 1. The highest BCUT2D eigenvalue weighted by Gasteiger charge is 2.22. The first-order valence-corrected chi connectivity index (χ1v) is 8.23. The van der Waals surface area contributed by atoms with Crippen molar-refractivity contribution in [1.29, 1.82) is 0 Å². The Kier molecular flexibility index (Phi) is 4.08. The molecule has 0 amide bonds. The van der Waals surface area contributed by atoms with Gasteiger partial charge in [0.2, 0.25) is 0 Å². The summed E-state index contributed by atoms with van der Waals surface area (Å²) in [5, 5.41) is 2.08. The maximum Gasteiger partial charge on any atom is 0.148 e. The zero-order valence-electron chi connectivity index (χ0n) is 11.8. The molecule has 2 N–H and O–H groups in total. The zero-order chi connectivity index (χ0) is 13.9. The van der Waals surface area contributed by atoms with Gasteiger partial charge in [0.1, 0.15) is 11.9 Å². The number of hydrogen-bond acceptors (Lipinski definition) is 3. The van der Waals surface area contributed by atoms with Crippen LogP contribution in [-0.2, 0) is 12.8 Å². The molecule has 2 unspecified atom stereocenters. The van der Waals surface area contributed by atoms with Gasteiger partial charge in [-0.15, -0.1) is 11.3 Å². The summed E-state index contributed by atoms with van der Waals surface area (Å²) in [4.78, 5) is 1.21. The van der Waals surface area contributed by atoms with E-state index in [1.54, 1.807) is 11.3 Å². The fraction of sp³-hybridized carbons (Fsp3) is 0.412. The molecule has 2 aromatic rings. The lowest BCUT2D eigenvalue weighted by Crippen LogP contribution is -2.30. The van der Waals surface area contributed by atoms with Gasteiger partial charge in [-0.25, -0.2) is 0 Å². The Morgan fingerprint density at radius 3 is 2.85 bits per heavy atom. The van der Waals surface area contributed by atoms with Gasteiger partial charge in [-0.05, 0) is 60.4 Å². The molecule has 1 aliphatic rings. The van der Waals surface area contributed by atoms with Crippen molar-refractivity contribution < 1.29 is 4.74 Å². The smallest absolute Gasteiger partial charge is 0.148 e. The van der Waals surface area contributed by atoms with Crippen LogP contribution in [-0.4, -0.2) is 6.04 Å². The van der Waals surface area contributed by atoms with Gasteiger partial charge in [0.05, 0.1) is 0 Å². The fourth-order valence-electron chi connectivity index (χ4n) is 2.79. The molecule has 0 aliphatic heterocycles. The van der Waals surface area contributed by atoms with Crippen LogP contribution in [0.5, 0.6) is 5.75 Å². The molecule has 0 bridgehead atoms. The normalized spacial score (nSPS) is 16.7. The summed E-state index contributed by atoms with van der Waals surface area (Å²) in [6, 6.07) is 10.7. The van der Waals surface area contributed by atoms with E-state index < -0.39 is 0 Å². The third-order valence-electron chi connectivity index (χ3n) is 4.02. The van der Waals surface area contributed by atoms with Crippen molar-refractivity contribution in [2.75, 3.05) is 0 Å². The maximum absolute atomic E-state index is 6.25. The molecule has 1 aliphatic carbocycles. The molecule has 1 aromatic carbocycles. The third kappa shape index (κ3) is 2.74. The standard InChI is InChI=1S/C17H21NOS/c1-2-15(18)17(16-7-4-10-20-16)19-14-9-8-12-5-3-6-13(12)11-14/h4,7-11,15,17H,2-3,5-6,18H2,1H3. The summed E-state index contributed by atoms with van der Waals surface area (Å²) in [5.41, 5.74) is 9.17. The van der Waals surface area contributed by atoms with Crippen molar-refractivity contribution in [3.8, 4) is 5.75 Å². The number of hydrogen-bond donors (Lipinski definition) is 1. The van der Waals surface area contributed by atoms with E-state index in [0.717, 1.165) is 12.2 Å². The maximum atomic E-state index is 6.25. The summed E-state index contributed by atoms with van der Waals surface area (Å²) in [5.74, 6) is 0.952. The Labute approximate surface area is 124 Å². The number of benzene rings is 1. The van der Waals surface area contributed by atoms with Crippen molar-refractivity contribution >= 4 is 11.3 Å². The van der Waals surface area contributed by atoms with Gasteiger partial charge < -0.3 is 10.5 Å². The topological polar surface area (TPSA) is 35.2 Å². The van der Waals surface area contributed by atoms with Crippen LogP contribution in [0, 0.1) is 0 Å². The molecule has 0 saturated carbocycles. The second-order valence-electron chi connectivity index (χ2n) is 5.41. The SMILES string of the molecule is CCC(N)C(Oc1ccc2c(c1)CCC2)c1cccs1. The minimum Gasteiger partial charge on any atom is -0.483 e. The number of ether oxygens (including phenoxy) is 1. The first-order valence-electron chi connectivity index (χ1n) is 7.35. The first-order chi connectivity index (χ1) is 9.78. The molecule has 2 nitrogen and oxygen atoms in total. The average Bonchev–Trinajstić information content (AvgIpc) is 3.14. The van der Waals surface area contributed by atoms with Gasteiger partial charge in [0.15, 0.2) is 0 Å². The highest BCUT2D eigenvalue weighted by molar-refractivity contribution is 7.10. The molecule has 2 atom stereocenters. The molecule has 0 fully saturated rings. The summed E-state index contributed by atoms with van der Waals surface area (Å²) < 4.78 is 6.22. The Balaban J connectivity index is 1.83. The zero-order valence-corrected chi connectivity index (χ0v) is 12.7. The number of nitrogens with two attached hydrogens (primary N) is 1. The summed E-state index contributed by atoms with van der Waals surface area (Å²) >= 11 is 1.71. The van der Waals surface area contributed by atoms with Crippen LogP contribution in [0.1, 0.15) is 41.9 Å². The Bertz CT molecular complexity index is 564. The third-order valence-corrected chi connectivity index (χ3v) is 4.95. The van der Waals surface area contributed by atoms with Crippen molar-refractivity contribution in [2.45, 2.75) is 44.8 Å². The molecule has 0 radical (unpaired) electrons. The Hall–Kier alpha value is -1.32. The molecule has 1 aromatic heterocycles. The molecule has 3 rings (SSSR count). The van der Waals surface area contributed by atoms with Crippen molar-refractivity contribution in [3.63, 3.8) is 0 Å². The van der Waals surface area contributed by atoms with Crippen LogP contribution in [0.2, 0.25) is 0 Å². The Morgan fingerprint density at radius 2 is 2.10 bits per heavy atom. The van der Waals surface area contributed by atoms with Gasteiger partial charge in [0, 0.05) is 10.9 Å². The van der Waals surface area contributed by atoms with E-state index in [0.29, 0.717) is 0 Å². The molecule has 1 heterocycles. The van der Waals surface area contributed by atoms with Crippen LogP contribution in [0.3, 0.4) is 0 Å². The second-order valence-corrected chi connectivity index (χ2v) is 6.39. The molecule has 0 saturated heterocycles. The van der Waals surface area contributed by atoms with Gasteiger partial charge in [0.25, 0.3) is 0 Å². The Morgan fingerprint density at radius 1 is 1.25 bits per heavy atom. The van der Waals surface area contributed by atoms with Crippen LogP contribution in [0.25, 0.3) is 0 Å². The molecular formula is C17H21NOS. The van der Waals surface area contributed by atoms with Crippen LogP contribution >= 0.6 is 11.3 Å². The summed E-state index contributed by atoms with van der Waals surface area (Å²) in [6.07, 6.45) is 4.52. The predicted molar refractivity (Wildman–Crippen MR) is 84.4 cm³/mol. The van der Waals surface area contributed by atoms with E-state index >= 15 is 0 Å². The van der Waals surface area contributed by atoms with Gasteiger partial charge in [-0.2, -0.15) is 0 Å². The lowest BCUT2D eigenvalue weighted by atomic mass is 10.1. The van der Waals surface area contributed by atoms with Gasteiger partial charge >= 0.3 is 0 Å². The van der Waals surface area contributed by atoms with E-state index in [1.807, 2.05) is 0 Å². The minimum absolute atomic E-state index is 0.0295. The van der Waals surface area contributed by atoms with Crippen LogP contribution in [0.4, 0.5) is 0 Å². The lowest BCUT2D eigenvalue weighted by Gasteiger charge is -2.23. The average molecular weight is 287 g/mol. The number of aryl methyl sites for hydroxylation is 2. The van der Waals surface area contributed by atoms with Crippen molar-refractivity contribution in [2.24, 2.45) is 5.73 Å². The van der Waals surface area contributed by atoms with Gasteiger partial charge in [-0.3, -0.25) is 0 Å². The highest BCUT2D eigenvalue weighted by atomic mass is 32.1. The van der Waals surface area contributed by atoms with E-state index in [1.165, 1.54) is 35.3 Å². The van der Waals surface area contributed by atoms with Crippen LogP contribution < -0.4 is 10.5 Å². The van der Waals surface area contributed by atoms with Crippen LogP contribution in [0.15, 0.2) is 35.7 Å². The molecular weight excluding hydrogens is 266 g/mol. The molecule has 3 heteroatoms. The van der Waals surface area contributed by atoms with E-state index in [9.17, 15) is 0 Å². The van der Waals surface area contributed by atoms with E-state index in [4.69, 9.17) is 10.5 Å². The largest absolute Gasteiger partial charge is 0.483 e. The molecule has 20 heavy (non-hydrogen) atoms. The number of rotatable bonds is 5. The monoisotopic (exact) mass is 287 g/mol. The quantitative estimate of drug-likeness (QED) is 0.898. The van der Waals surface area contributed by atoms with Gasteiger partial charge in [-0.1, -0.05) is 19.1 Å². The summed E-state index contributed by atoms with van der Waals surface area (Å²) in [7, 11) is 0. The second kappa shape index (κ2) is 5.98. The highest BCUT2D eigenvalue weighted by Crippen LogP contribution is 2.31. The van der Waals surface area contributed by atoms with E-state index in [-0.39, 0.29) is 12.1 Å². The molecule has 0 spiro atoms. The van der Waals surface area contributed by atoms with E-state index in [2.05, 4.69) is 42.6 Å². The minimum atomic E-state index is -0.0422. The number of thiophene rings is 1. The fourth-order valence-corrected chi connectivity index (χ4v) is 3.62. The van der Waals surface area contributed by atoms with Crippen molar-refractivity contribution in [1.82, 2.24) is 0 Å². The summed E-state index contributed by atoms with van der Waals surface area (Å²) in [6.45, 7) is 2.11. The first kappa shape index (κ1) is 13.7.